The van der Waals surface area contributed by atoms with Gasteiger partial charge in [-0.15, -0.1) is 0 Å². The van der Waals surface area contributed by atoms with Crippen LogP contribution in [0.15, 0.2) is 22.9 Å². The normalized spacial score (nSPS) is 20.9. The van der Waals surface area contributed by atoms with Crippen LogP contribution in [0.5, 0.6) is 0 Å². The van der Waals surface area contributed by atoms with Gasteiger partial charge in [0.25, 0.3) is 5.91 Å². The first-order valence-electron chi connectivity index (χ1n) is 8.63. The maximum absolute atomic E-state index is 12.4. The van der Waals surface area contributed by atoms with Crippen LogP contribution in [-0.2, 0) is 9.53 Å². The van der Waals surface area contributed by atoms with E-state index in [1.165, 1.54) is 0 Å². The lowest BCUT2D eigenvalue weighted by Crippen LogP contribution is -2.51. The highest BCUT2D eigenvalue weighted by atomic mass is 16.5. The number of carbonyl (C=O) groups excluding carboxylic acids is 1. The summed E-state index contributed by atoms with van der Waals surface area (Å²) < 4.78 is 10.5. The SMILES string of the molecule is Cc1nc(-c2ccc(N3CCN(C(=O)C4CCCO4)CC3)nc2)no1. The number of carbonyl (C=O) groups is 1. The standard InChI is InChI=1S/C17H21N5O3/c1-12-19-16(20-25-12)13-4-5-15(18-11-13)21-6-8-22(9-7-21)17(23)14-3-2-10-24-14/h4-5,11,14H,2-3,6-10H2,1H3. The second-order valence-electron chi connectivity index (χ2n) is 6.36. The third-order valence-corrected chi connectivity index (χ3v) is 4.65. The number of amides is 1. The molecule has 0 aliphatic carbocycles. The zero-order chi connectivity index (χ0) is 17.2. The molecular weight excluding hydrogens is 322 g/mol. The Labute approximate surface area is 145 Å². The number of aryl methyl sites for hydroxylation is 1. The molecule has 8 heteroatoms. The predicted octanol–water partition coefficient (Wildman–Crippen LogP) is 1.27. The number of aromatic nitrogens is 3. The molecule has 4 rings (SSSR count). The first-order valence-corrected chi connectivity index (χ1v) is 8.63. The summed E-state index contributed by atoms with van der Waals surface area (Å²) in [5.74, 6) is 2.11. The summed E-state index contributed by atoms with van der Waals surface area (Å²) in [6.07, 6.45) is 3.34. The van der Waals surface area contributed by atoms with E-state index in [-0.39, 0.29) is 12.0 Å². The lowest BCUT2D eigenvalue weighted by Gasteiger charge is -2.36. The van der Waals surface area contributed by atoms with E-state index in [0.29, 0.717) is 31.4 Å². The summed E-state index contributed by atoms with van der Waals surface area (Å²) in [5.41, 5.74) is 0.827. The summed E-state index contributed by atoms with van der Waals surface area (Å²) >= 11 is 0. The van der Waals surface area contributed by atoms with Crippen LogP contribution in [0.3, 0.4) is 0 Å². The second kappa shape index (κ2) is 6.79. The number of nitrogens with zero attached hydrogens (tertiary/aromatic N) is 5. The van der Waals surface area contributed by atoms with Crippen molar-refractivity contribution < 1.29 is 14.1 Å². The van der Waals surface area contributed by atoms with Crippen molar-refractivity contribution in [3.63, 3.8) is 0 Å². The van der Waals surface area contributed by atoms with Crippen molar-refractivity contribution in [3.05, 3.63) is 24.2 Å². The van der Waals surface area contributed by atoms with Gasteiger partial charge in [-0.05, 0) is 25.0 Å². The van der Waals surface area contributed by atoms with E-state index in [9.17, 15) is 4.79 Å². The number of rotatable bonds is 3. The largest absolute Gasteiger partial charge is 0.368 e. The summed E-state index contributed by atoms with van der Waals surface area (Å²) in [7, 11) is 0. The van der Waals surface area contributed by atoms with Crippen molar-refractivity contribution in [2.75, 3.05) is 37.7 Å². The van der Waals surface area contributed by atoms with Gasteiger partial charge in [0.2, 0.25) is 11.7 Å². The molecule has 2 aromatic rings. The van der Waals surface area contributed by atoms with Crippen molar-refractivity contribution in [1.29, 1.82) is 0 Å². The van der Waals surface area contributed by atoms with Gasteiger partial charge in [0.05, 0.1) is 0 Å². The van der Waals surface area contributed by atoms with E-state index in [4.69, 9.17) is 9.26 Å². The topological polar surface area (TPSA) is 84.6 Å². The number of piperazine rings is 1. The van der Waals surface area contributed by atoms with E-state index in [2.05, 4.69) is 20.0 Å². The van der Waals surface area contributed by atoms with Crippen molar-refractivity contribution in [1.82, 2.24) is 20.0 Å². The highest BCUT2D eigenvalue weighted by Gasteiger charge is 2.30. The van der Waals surface area contributed by atoms with E-state index in [1.807, 2.05) is 17.0 Å². The molecule has 2 aliphatic heterocycles. The smallest absolute Gasteiger partial charge is 0.251 e. The van der Waals surface area contributed by atoms with E-state index < -0.39 is 0 Å². The van der Waals surface area contributed by atoms with Crippen molar-refractivity contribution in [3.8, 4) is 11.4 Å². The van der Waals surface area contributed by atoms with Crippen LogP contribution in [0.2, 0.25) is 0 Å². The molecule has 2 aliphatic rings. The van der Waals surface area contributed by atoms with Gasteiger partial charge in [0.15, 0.2) is 0 Å². The fourth-order valence-electron chi connectivity index (χ4n) is 3.25. The monoisotopic (exact) mass is 343 g/mol. The van der Waals surface area contributed by atoms with Gasteiger partial charge in [-0.25, -0.2) is 4.98 Å². The molecule has 8 nitrogen and oxygen atoms in total. The van der Waals surface area contributed by atoms with Crippen LogP contribution >= 0.6 is 0 Å². The third kappa shape index (κ3) is 3.34. The molecule has 1 unspecified atom stereocenters. The van der Waals surface area contributed by atoms with Crippen LogP contribution in [0.25, 0.3) is 11.4 Å². The average Bonchev–Trinajstić information content (AvgIpc) is 3.33. The fourth-order valence-corrected chi connectivity index (χ4v) is 3.25. The minimum Gasteiger partial charge on any atom is -0.368 e. The van der Waals surface area contributed by atoms with E-state index in [0.717, 1.165) is 37.3 Å². The third-order valence-electron chi connectivity index (χ3n) is 4.65. The molecule has 0 bridgehead atoms. The molecule has 0 saturated carbocycles. The predicted molar refractivity (Wildman–Crippen MR) is 90.0 cm³/mol. The summed E-state index contributed by atoms with van der Waals surface area (Å²) in [4.78, 5) is 25.2. The van der Waals surface area contributed by atoms with Crippen LogP contribution in [0.4, 0.5) is 5.82 Å². The molecule has 132 valence electrons. The fraction of sp³-hybridized carbons (Fsp3) is 0.529. The minimum atomic E-state index is -0.234. The van der Waals surface area contributed by atoms with E-state index >= 15 is 0 Å². The van der Waals surface area contributed by atoms with Gasteiger partial charge >= 0.3 is 0 Å². The lowest BCUT2D eigenvalue weighted by molar-refractivity contribution is -0.141. The molecule has 4 heterocycles. The zero-order valence-electron chi connectivity index (χ0n) is 14.2. The molecular formula is C17H21N5O3. The first kappa shape index (κ1) is 16.0. The maximum Gasteiger partial charge on any atom is 0.251 e. The summed E-state index contributed by atoms with van der Waals surface area (Å²) in [6.45, 7) is 5.40. The van der Waals surface area contributed by atoms with Crippen LogP contribution in [0.1, 0.15) is 18.7 Å². The Hall–Kier alpha value is -2.48. The Kier molecular flexibility index (Phi) is 4.35. The van der Waals surface area contributed by atoms with Crippen molar-refractivity contribution in [2.24, 2.45) is 0 Å². The summed E-state index contributed by atoms with van der Waals surface area (Å²) in [5, 5.41) is 3.90. The van der Waals surface area contributed by atoms with Crippen LogP contribution in [0, 0.1) is 6.92 Å². The molecule has 1 amide bonds. The van der Waals surface area contributed by atoms with Gasteiger partial charge in [-0.1, -0.05) is 5.16 Å². The van der Waals surface area contributed by atoms with Gasteiger partial charge in [0.1, 0.15) is 11.9 Å². The average molecular weight is 343 g/mol. The van der Waals surface area contributed by atoms with Gasteiger partial charge in [-0.2, -0.15) is 4.98 Å². The van der Waals surface area contributed by atoms with Crippen molar-refractivity contribution in [2.45, 2.75) is 25.9 Å². The molecule has 1 atom stereocenters. The quantitative estimate of drug-likeness (QED) is 0.829. The molecule has 0 spiro atoms. The molecule has 25 heavy (non-hydrogen) atoms. The second-order valence-corrected chi connectivity index (χ2v) is 6.36. The van der Waals surface area contributed by atoms with Crippen LogP contribution in [-0.4, -0.2) is 64.8 Å². The van der Waals surface area contributed by atoms with Gasteiger partial charge in [0, 0.05) is 51.5 Å². The maximum atomic E-state index is 12.4. The van der Waals surface area contributed by atoms with Crippen molar-refractivity contribution >= 4 is 11.7 Å². The number of ether oxygens (including phenoxy) is 1. The van der Waals surface area contributed by atoms with Gasteiger partial charge < -0.3 is 19.1 Å². The lowest BCUT2D eigenvalue weighted by atomic mass is 10.2. The molecule has 2 aromatic heterocycles. The zero-order valence-corrected chi connectivity index (χ0v) is 14.2. The highest BCUT2D eigenvalue weighted by molar-refractivity contribution is 5.81. The Morgan fingerprint density at radius 2 is 2.08 bits per heavy atom. The van der Waals surface area contributed by atoms with Crippen LogP contribution < -0.4 is 4.90 Å². The number of pyridine rings is 1. The van der Waals surface area contributed by atoms with Gasteiger partial charge in [-0.3, -0.25) is 4.79 Å². The molecule has 0 N–H and O–H groups in total. The van der Waals surface area contributed by atoms with E-state index in [1.54, 1.807) is 13.1 Å². The molecule has 0 aromatic carbocycles. The number of hydrogen-bond donors (Lipinski definition) is 0. The minimum absolute atomic E-state index is 0.132. The Bertz CT molecular complexity index is 731. The number of hydrogen-bond acceptors (Lipinski definition) is 7. The Morgan fingerprint density at radius 3 is 2.68 bits per heavy atom. The Morgan fingerprint density at radius 1 is 1.24 bits per heavy atom. The molecule has 2 fully saturated rings. The Balaban J connectivity index is 1.36. The first-order chi connectivity index (χ1) is 12.2. The molecule has 2 saturated heterocycles. The molecule has 0 radical (unpaired) electrons. The summed E-state index contributed by atoms with van der Waals surface area (Å²) in [6, 6.07) is 3.90. The number of anilines is 1. The highest BCUT2D eigenvalue weighted by Crippen LogP contribution is 2.21.